The maximum atomic E-state index is 11.5. The van der Waals surface area contributed by atoms with E-state index in [0.717, 1.165) is 12.2 Å². The first-order chi connectivity index (χ1) is 8.69. The van der Waals surface area contributed by atoms with E-state index in [9.17, 15) is 14.4 Å². The number of rotatable bonds is 7. The van der Waals surface area contributed by atoms with E-state index >= 15 is 0 Å². The zero-order valence-corrected chi connectivity index (χ0v) is 12.6. The molecule has 19 heavy (non-hydrogen) atoms. The summed E-state index contributed by atoms with van der Waals surface area (Å²) >= 11 is 1.68. The van der Waals surface area contributed by atoms with Gasteiger partial charge in [-0.3, -0.25) is 14.9 Å². The van der Waals surface area contributed by atoms with Gasteiger partial charge in [-0.25, -0.2) is 4.79 Å². The molecule has 0 bridgehead atoms. The van der Waals surface area contributed by atoms with Crippen molar-refractivity contribution in [2.24, 2.45) is 5.41 Å². The van der Waals surface area contributed by atoms with Crippen LogP contribution < -0.4 is 10.6 Å². The summed E-state index contributed by atoms with van der Waals surface area (Å²) in [6.07, 6.45) is 2.54. The molecular formula is C12H22N2O4S. The summed E-state index contributed by atoms with van der Waals surface area (Å²) < 4.78 is 0. The first-order valence-corrected chi connectivity index (χ1v) is 7.41. The summed E-state index contributed by atoms with van der Waals surface area (Å²) in [6.45, 7) is 4.73. The van der Waals surface area contributed by atoms with Crippen LogP contribution in [0, 0.1) is 5.41 Å². The molecule has 0 heterocycles. The van der Waals surface area contributed by atoms with Crippen LogP contribution in [0.4, 0.5) is 4.79 Å². The molecule has 0 aliphatic rings. The van der Waals surface area contributed by atoms with E-state index in [1.54, 1.807) is 11.8 Å². The quantitative estimate of drug-likeness (QED) is 0.659. The number of hydrogen-bond acceptors (Lipinski definition) is 4. The number of urea groups is 1. The second-order valence-electron chi connectivity index (χ2n) is 5.07. The van der Waals surface area contributed by atoms with Gasteiger partial charge in [0, 0.05) is 12.5 Å². The summed E-state index contributed by atoms with van der Waals surface area (Å²) in [6, 6.07) is -0.618. The predicted molar refractivity (Wildman–Crippen MR) is 75.2 cm³/mol. The Hall–Kier alpha value is -1.24. The van der Waals surface area contributed by atoms with Crippen molar-refractivity contribution in [1.29, 1.82) is 0 Å². The molecule has 3 amide bonds. The van der Waals surface area contributed by atoms with Crippen LogP contribution in [0.3, 0.4) is 0 Å². The highest BCUT2D eigenvalue weighted by Crippen LogP contribution is 2.19. The van der Waals surface area contributed by atoms with Crippen LogP contribution in [0.15, 0.2) is 0 Å². The van der Waals surface area contributed by atoms with Crippen molar-refractivity contribution in [2.45, 2.75) is 39.7 Å². The van der Waals surface area contributed by atoms with Gasteiger partial charge in [0.15, 0.2) is 0 Å². The van der Waals surface area contributed by atoms with Gasteiger partial charge in [0.2, 0.25) is 5.91 Å². The van der Waals surface area contributed by atoms with Crippen LogP contribution >= 0.6 is 11.8 Å². The first kappa shape index (κ1) is 17.8. The van der Waals surface area contributed by atoms with Gasteiger partial charge in [0.25, 0.3) is 0 Å². The highest BCUT2D eigenvalue weighted by Gasteiger charge is 2.30. The largest absolute Gasteiger partial charge is 0.481 e. The van der Waals surface area contributed by atoms with E-state index in [1.165, 1.54) is 13.8 Å². The maximum Gasteiger partial charge on any atom is 0.321 e. The topological polar surface area (TPSA) is 95.5 Å². The van der Waals surface area contributed by atoms with E-state index in [1.807, 2.05) is 13.2 Å². The van der Waals surface area contributed by atoms with Gasteiger partial charge in [0.05, 0.1) is 5.41 Å². The average molecular weight is 290 g/mol. The number of carbonyl (C=O) groups is 3. The Kier molecular flexibility index (Phi) is 7.51. The minimum atomic E-state index is -1.19. The lowest BCUT2D eigenvalue weighted by Gasteiger charge is -2.18. The number of imide groups is 1. The third-order valence-electron chi connectivity index (χ3n) is 2.57. The Balaban J connectivity index is 4.13. The zero-order valence-electron chi connectivity index (χ0n) is 11.8. The van der Waals surface area contributed by atoms with Crippen molar-refractivity contribution in [3.63, 3.8) is 0 Å². The Morgan fingerprint density at radius 3 is 2.37 bits per heavy atom. The molecule has 0 aromatic rings. The van der Waals surface area contributed by atoms with E-state index in [0.29, 0.717) is 0 Å². The third kappa shape index (κ3) is 7.71. The number of thioether (sulfide) groups is 1. The van der Waals surface area contributed by atoms with Crippen LogP contribution in [0.2, 0.25) is 0 Å². The predicted octanol–water partition coefficient (Wildman–Crippen LogP) is 1.45. The molecule has 1 atom stereocenters. The van der Waals surface area contributed by atoms with E-state index in [4.69, 9.17) is 5.11 Å². The maximum absolute atomic E-state index is 11.5. The van der Waals surface area contributed by atoms with E-state index in [2.05, 4.69) is 10.6 Å². The monoisotopic (exact) mass is 290 g/mol. The summed E-state index contributed by atoms with van der Waals surface area (Å²) in [5, 5.41) is 13.7. The molecule has 0 saturated carbocycles. The van der Waals surface area contributed by atoms with Gasteiger partial charge in [0.1, 0.15) is 0 Å². The van der Waals surface area contributed by atoms with Gasteiger partial charge >= 0.3 is 12.0 Å². The summed E-state index contributed by atoms with van der Waals surface area (Å²) in [4.78, 5) is 33.9. The summed E-state index contributed by atoms with van der Waals surface area (Å²) in [5.41, 5.74) is -1.19. The molecule has 0 aromatic heterocycles. The van der Waals surface area contributed by atoms with Gasteiger partial charge in [-0.05, 0) is 39.2 Å². The Bertz CT molecular complexity index is 345. The Labute approximate surface area is 117 Å². The number of nitrogens with one attached hydrogen (secondary N) is 2. The van der Waals surface area contributed by atoms with Crippen molar-refractivity contribution in [2.75, 3.05) is 12.0 Å². The minimum Gasteiger partial charge on any atom is -0.481 e. The first-order valence-electron chi connectivity index (χ1n) is 6.01. The lowest BCUT2D eigenvalue weighted by molar-refractivity contribution is -0.149. The molecule has 0 rings (SSSR count). The molecule has 6 nitrogen and oxygen atoms in total. The molecule has 0 aliphatic carbocycles. The van der Waals surface area contributed by atoms with Crippen LogP contribution in [0.1, 0.15) is 33.6 Å². The lowest BCUT2D eigenvalue weighted by atomic mass is 9.89. The number of carbonyl (C=O) groups excluding carboxylic acids is 2. The summed E-state index contributed by atoms with van der Waals surface area (Å²) in [5.74, 6) is -0.750. The molecule has 1 unspecified atom stereocenters. The van der Waals surface area contributed by atoms with Crippen LogP contribution in [-0.2, 0) is 9.59 Å². The number of carboxylic acids is 1. The second-order valence-corrected chi connectivity index (χ2v) is 6.06. The smallest absolute Gasteiger partial charge is 0.321 e. The second kappa shape index (κ2) is 8.04. The van der Waals surface area contributed by atoms with Crippen molar-refractivity contribution >= 4 is 29.7 Å². The molecule has 0 aromatic carbocycles. The SMILES string of the molecule is CSCCC(C)NC(=O)NC(=O)CC(C)(C)C(=O)O. The van der Waals surface area contributed by atoms with Gasteiger partial charge in [-0.2, -0.15) is 11.8 Å². The van der Waals surface area contributed by atoms with E-state index in [-0.39, 0.29) is 12.5 Å². The number of aliphatic carboxylic acids is 1. The fraction of sp³-hybridized carbons (Fsp3) is 0.750. The number of hydrogen-bond donors (Lipinski definition) is 3. The number of amides is 3. The van der Waals surface area contributed by atoms with Crippen molar-refractivity contribution in [1.82, 2.24) is 10.6 Å². The van der Waals surface area contributed by atoms with Crippen molar-refractivity contribution < 1.29 is 19.5 Å². The highest BCUT2D eigenvalue weighted by atomic mass is 32.2. The lowest BCUT2D eigenvalue weighted by Crippen LogP contribution is -2.45. The highest BCUT2D eigenvalue weighted by molar-refractivity contribution is 7.98. The Morgan fingerprint density at radius 1 is 1.32 bits per heavy atom. The van der Waals surface area contributed by atoms with Gasteiger partial charge in [-0.15, -0.1) is 0 Å². The zero-order chi connectivity index (χ0) is 15.1. The van der Waals surface area contributed by atoms with Gasteiger partial charge < -0.3 is 10.4 Å². The molecule has 0 radical (unpaired) electrons. The molecular weight excluding hydrogens is 268 g/mol. The molecule has 7 heteroatoms. The van der Waals surface area contributed by atoms with E-state index < -0.39 is 23.3 Å². The van der Waals surface area contributed by atoms with Crippen LogP contribution in [-0.4, -0.2) is 41.1 Å². The standard InChI is InChI=1S/C12H22N2O4S/c1-8(5-6-19-4)13-11(18)14-9(15)7-12(2,3)10(16)17/h8H,5-7H2,1-4H3,(H,16,17)(H2,13,14,15,18). The normalized spacial score (nSPS) is 12.6. The molecule has 0 fully saturated rings. The molecule has 0 aliphatic heterocycles. The van der Waals surface area contributed by atoms with Crippen molar-refractivity contribution in [3.8, 4) is 0 Å². The fourth-order valence-corrected chi connectivity index (χ4v) is 1.86. The molecule has 110 valence electrons. The molecule has 0 saturated heterocycles. The van der Waals surface area contributed by atoms with Crippen LogP contribution in [0.5, 0.6) is 0 Å². The average Bonchev–Trinajstić information content (AvgIpc) is 2.24. The Morgan fingerprint density at radius 2 is 1.89 bits per heavy atom. The summed E-state index contributed by atoms with van der Waals surface area (Å²) in [7, 11) is 0. The molecule has 0 spiro atoms. The van der Waals surface area contributed by atoms with Crippen LogP contribution in [0.25, 0.3) is 0 Å². The fourth-order valence-electron chi connectivity index (χ4n) is 1.27. The number of carboxylic acid groups (broad SMARTS) is 1. The van der Waals surface area contributed by atoms with Crippen molar-refractivity contribution in [3.05, 3.63) is 0 Å². The van der Waals surface area contributed by atoms with Gasteiger partial charge in [-0.1, -0.05) is 0 Å². The minimum absolute atomic E-state index is 0.0345. The molecule has 3 N–H and O–H groups in total. The third-order valence-corrected chi connectivity index (χ3v) is 3.21.